The second kappa shape index (κ2) is 15.0. The first-order valence-electron chi connectivity index (χ1n) is 14.3. The minimum atomic E-state index is -0.691. The average Bonchev–Trinajstić information content (AvgIpc) is 2.93. The van der Waals surface area contributed by atoms with E-state index in [2.05, 4.69) is 6.58 Å². The summed E-state index contributed by atoms with van der Waals surface area (Å²) in [5.74, 6) is 0.227. The molecule has 1 N–H and O–H groups in total. The summed E-state index contributed by atoms with van der Waals surface area (Å²) in [4.78, 5) is 26.5. The standard InChI is InChI=1S/C33H44O7/c1-6-39-30-19-27(20-31(40-7-2)32(30)24(4)34)23(3)28(13-16-38-22-26-11-9-8-10-12-26)29(36)21-33(25(5)35)14-17-37-18-15-33/h8-12,19-20,23,28,35H,5-7,13-18,21-22H2,1-4H3/t23-,28?/m1/s1. The van der Waals surface area contributed by atoms with E-state index in [1.807, 2.05) is 63.2 Å². The van der Waals surface area contributed by atoms with Gasteiger partial charge in [0.15, 0.2) is 5.78 Å². The Morgan fingerprint density at radius 2 is 1.65 bits per heavy atom. The monoisotopic (exact) mass is 552 g/mol. The van der Waals surface area contributed by atoms with Crippen molar-refractivity contribution in [2.45, 2.75) is 65.9 Å². The SMILES string of the molecule is C=C(O)C1(CC(=O)C(CCOCc2ccccc2)[C@H](C)c2cc(OCC)c(C(C)=O)c(OCC)c2)CCOCC1. The van der Waals surface area contributed by atoms with Crippen molar-refractivity contribution in [3.8, 4) is 11.5 Å². The topological polar surface area (TPSA) is 91.3 Å². The van der Waals surface area contributed by atoms with Crippen molar-refractivity contribution < 1.29 is 33.6 Å². The van der Waals surface area contributed by atoms with E-state index in [9.17, 15) is 14.7 Å². The summed E-state index contributed by atoms with van der Waals surface area (Å²) >= 11 is 0. The number of ether oxygens (including phenoxy) is 4. The molecule has 2 atom stereocenters. The van der Waals surface area contributed by atoms with Crippen LogP contribution in [-0.4, -0.2) is 49.7 Å². The third kappa shape index (κ3) is 7.95. The normalized spacial score (nSPS) is 16.1. The van der Waals surface area contributed by atoms with Crippen molar-refractivity contribution in [2.75, 3.05) is 33.0 Å². The molecule has 1 aliphatic heterocycles. The van der Waals surface area contributed by atoms with Crippen LogP contribution in [0.5, 0.6) is 11.5 Å². The van der Waals surface area contributed by atoms with Crippen LogP contribution in [0, 0.1) is 11.3 Å². The largest absolute Gasteiger partial charge is 0.512 e. The molecule has 40 heavy (non-hydrogen) atoms. The highest BCUT2D eigenvalue weighted by Crippen LogP contribution is 2.43. The van der Waals surface area contributed by atoms with Crippen LogP contribution in [0.4, 0.5) is 0 Å². The zero-order chi connectivity index (χ0) is 29.1. The highest BCUT2D eigenvalue weighted by atomic mass is 16.5. The maximum Gasteiger partial charge on any atom is 0.167 e. The number of ketones is 2. The number of aliphatic hydroxyl groups excluding tert-OH is 1. The van der Waals surface area contributed by atoms with Crippen molar-refractivity contribution in [3.05, 3.63) is 71.5 Å². The molecule has 0 aromatic heterocycles. The van der Waals surface area contributed by atoms with Gasteiger partial charge in [-0.1, -0.05) is 43.8 Å². The summed E-state index contributed by atoms with van der Waals surface area (Å²) in [6.45, 7) is 13.7. The highest BCUT2D eigenvalue weighted by Gasteiger charge is 2.40. The van der Waals surface area contributed by atoms with Crippen LogP contribution >= 0.6 is 0 Å². The molecule has 2 aromatic carbocycles. The molecule has 2 aromatic rings. The van der Waals surface area contributed by atoms with E-state index in [-0.39, 0.29) is 29.7 Å². The number of allylic oxidation sites excluding steroid dienone is 1. The number of Topliss-reactive ketones (excluding diaryl/α,β-unsaturated/α-hetero) is 2. The molecule has 0 aliphatic carbocycles. The van der Waals surface area contributed by atoms with Gasteiger partial charge >= 0.3 is 0 Å². The van der Waals surface area contributed by atoms with E-state index >= 15 is 0 Å². The Balaban J connectivity index is 1.92. The van der Waals surface area contributed by atoms with E-state index in [1.165, 1.54) is 6.92 Å². The lowest BCUT2D eigenvalue weighted by Crippen LogP contribution is -2.36. The Kier molecular flexibility index (Phi) is 11.8. The third-order valence-corrected chi connectivity index (χ3v) is 7.84. The first-order valence-corrected chi connectivity index (χ1v) is 14.3. The lowest BCUT2D eigenvalue weighted by Gasteiger charge is -2.37. The molecule has 1 unspecified atom stereocenters. The summed E-state index contributed by atoms with van der Waals surface area (Å²) in [7, 11) is 0. The average molecular weight is 553 g/mol. The molecule has 7 heteroatoms. The van der Waals surface area contributed by atoms with Crippen molar-refractivity contribution in [3.63, 3.8) is 0 Å². The molecule has 1 fully saturated rings. The number of carbonyl (C=O) groups excluding carboxylic acids is 2. The molecule has 1 saturated heterocycles. The molecule has 0 saturated carbocycles. The van der Waals surface area contributed by atoms with Gasteiger partial charge in [0.1, 0.15) is 22.8 Å². The molecule has 1 aliphatic rings. The van der Waals surface area contributed by atoms with Crippen LogP contribution in [0.15, 0.2) is 54.8 Å². The van der Waals surface area contributed by atoms with E-state index < -0.39 is 11.3 Å². The van der Waals surface area contributed by atoms with Crippen LogP contribution in [-0.2, 0) is 20.9 Å². The lowest BCUT2D eigenvalue weighted by molar-refractivity contribution is -0.128. The van der Waals surface area contributed by atoms with Gasteiger partial charge in [-0.05, 0) is 69.2 Å². The van der Waals surface area contributed by atoms with Crippen molar-refractivity contribution >= 4 is 11.6 Å². The molecular formula is C33H44O7. The van der Waals surface area contributed by atoms with E-state index in [0.717, 1.165) is 11.1 Å². The second-order valence-electron chi connectivity index (χ2n) is 10.5. The summed E-state index contributed by atoms with van der Waals surface area (Å²) in [6.07, 6.45) is 1.78. The predicted octanol–water partition coefficient (Wildman–Crippen LogP) is 6.84. The number of benzene rings is 2. The summed E-state index contributed by atoms with van der Waals surface area (Å²) in [5.41, 5.74) is 1.64. The lowest BCUT2D eigenvalue weighted by atomic mass is 9.70. The molecule has 7 nitrogen and oxygen atoms in total. The van der Waals surface area contributed by atoms with Crippen LogP contribution in [0.25, 0.3) is 0 Å². The fourth-order valence-electron chi connectivity index (χ4n) is 5.45. The van der Waals surface area contributed by atoms with Gasteiger partial charge < -0.3 is 24.1 Å². The predicted molar refractivity (Wildman–Crippen MR) is 155 cm³/mol. The minimum Gasteiger partial charge on any atom is -0.512 e. The van der Waals surface area contributed by atoms with Gasteiger partial charge in [0, 0.05) is 37.6 Å². The Bertz CT molecular complexity index is 1110. The van der Waals surface area contributed by atoms with Gasteiger partial charge in [0.05, 0.1) is 25.6 Å². The van der Waals surface area contributed by atoms with Gasteiger partial charge in [-0.2, -0.15) is 0 Å². The van der Waals surface area contributed by atoms with E-state index in [4.69, 9.17) is 18.9 Å². The molecule has 0 spiro atoms. The Hall–Kier alpha value is -3.16. The smallest absolute Gasteiger partial charge is 0.167 e. The molecule has 0 radical (unpaired) electrons. The fraction of sp³-hybridized carbons (Fsp3) is 0.515. The Morgan fingerprint density at radius 1 is 1.05 bits per heavy atom. The maximum atomic E-state index is 14.0. The summed E-state index contributed by atoms with van der Waals surface area (Å²) < 4.78 is 23.2. The van der Waals surface area contributed by atoms with Gasteiger partial charge in [-0.15, -0.1) is 0 Å². The Labute approximate surface area is 238 Å². The molecular weight excluding hydrogens is 508 g/mol. The highest BCUT2D eigenvalue weighted by molar-refractivity contribution is 6.00. The van der Waals surface area contributed by atoms with E-state index in [0.29, 0.717) is 76.0 Å². The first kappa shape index (κ1) is 31.4. The van der Waals surface area contributed by atoms with E-state index in [1.54, 1.807) is 0 Å². The first-order chi connectivity index (χ1) is 19.2. The third-order valence-electron chi connectivity index (χ3n) is 7.84. The van der Waals surface area contributed by atoms with Gasteiger partial charge in [0.25, 0.3) is 0 Å². The van der Waals surface area contributed by atoms with Crippen LogP contribution in [0.2, 0.25) is 0 Å². The van der Waals surface area contributed by atoms with Crippen LogP contribution in [0.1, 0.15) is 80.8 Å². The van der Waals surface area contributed by atoms with Gasteiger partial charge in [-0.25, -0.2) is 0 Å². The summed E-state index contributed by atoms with van der Waals surface area (Å²) in [5, 5.41) is 10.5. The fourth-order valence-corrected chi connectivity index (χ4v) is 5.45. The van der Waals surface area contributed by atoms with Gasteiger partial charge in [-0.3, -0.25) is 9.59 Å². The Morgan fingerprint density at radius 3 is 2.17 bits per heavy atom. The maximum absolute atomic E-state index is 14.0. The molecule has 0 amide bonds. The molecule has 1 heterocycles. The number of aliphatic hydroxyl groups is 1. The zero-order valence-electron chi connectivity index (χ0n) is 24.4. The number of rotatable bonds is 16. The second-order valence-corrected chi connectivity index (χ2v) is 10.5. The number of hydrogen-bond donors (Lipinski definition) is 1. The van der Waals surface area contributed by atoms with Gasteiger partial charge in [0.2, 0.25) is 0 Å². The number of carbonyl (C=O) groups is 2. The quantitative estimate of drug-likeness (QED) is 0.138. The van der Waals surface area contributed by atoms with Crippen LogP contribution < -0.4 is 9.47 Å². The van der Waals surface area contributed by atoms with Crippen LogP contribution in [0.3, 0.4) is 0 Å². The molecule has 218 valence electrons. The van der Waals surface area contributed by atoms with Crippen molar-refractivity contribution in [2.24, 2.45) is 11.3 Å². The summed E-state index contributed by atoms with van der Waals surface area (Å²) in [6, 6.07) is 13.6. The molecule has 3 rings (SSSR count). The zero-order valence-corrected chi connectivity index (χ0v) is 24.4. The van der Waals surface area contributed by atoms with Crippen molar-refractivity contribution in [1.82, 2.24) is 0 Å². The molecule has 0 bridgehead atoms. The minimum absolute atomic E-state index is 0.0407. The van der Waals surface area contributed by atoms with Crippen molar-refractivity contribution in [1.29, 1.82) is 0 Å². The number of hydrogen-bond acceptors (Lipinski definition) is 7.